The molecule has 1 heterocycles. The molecule has 33 heavy (non-hydrogen) atoms. The quantitative estimate of drug-likeness (QED) is 0.404. The number of benzene rings is 3. The lowest BCUT2D eigenvalue weighted by Crippen LogP contribution is -2.47. The molecule has 0 radical (unpaired) electrons. The summed E-state index contributed by atoms with van der Waals surface area (Å²) in [6, 6.07) is 18.7. The van der Waals surface area contributed by atoms with Crippen LogP contribution in [-0.2, 0) is 0 Å². The lowest BCUT2D eigenvalue weighted by Gasteiger charge is -2.37. The Bertz CT molecular complexity index is 1070. The van der Waals surface area contributed by atoms with Crippen molar-refractivity contribution in [3.8, 4) is 11.5 Å². The maximum Gasteiger partial charge on any atom is 0.142 e. The van der Waals surface area contributed by atoms with Crippen molar-refractivity contribution in [1.82, 2.24) is 4.90 Å². The summed E-state index contributed by atoms with van der Waals surface area (Å²) in [6.45, 7) is 4.36. The van der Waals surface area contributed by atoms with Crippen LogP contribution in [0, 0.1) is 11.6 Å². The van der Waals surface area contributed by atoms with Gasteiger partial charge in [0, 0.05) is 45.2 Å². The normalized spacial score (nSPS) is 15.3. The molecule has 0 saturated carbocycles. The van der Waals surface area contributed by atoms with Crippen molar-refractivity contribution >= 4 is 17.3 Å². The Morgan fingerprint density at radius 2 is 1.73 bits per heavy atom. The zero-order valence-electron chi connectivity index (χ0n) is 18.5. The van der Waals surface area contributed by atoms with Gasteiger partial charge >= 0.3 is 0 Å². The first-order chi connectivity index (χ1) is 16.0. The third-order valence-electron chi connectivity index (χ3n) is 5.90. The lowest BCUT2D eigenvalue weighted by atomic mass is 10.1. The van der Waals surface area contributed by atoms with Crippen molar-refractivity contribution in [2.24, 2.45) is 0 Å². The lowest BCUT2D eigenvalue weighted by molar-refractivity contribution is 0.159. The van der Waals surface area contributed by atoms with Gasteiger partial charge in [0.2, 0.25) is 0 Å². The number of hydrogen-bond acceptors (Lipinski definition) is 4. The van der Waals surface area contributed by atoms with E-state index >= 15 is 0 Å². The Hall–Kier alpha value is -2.83. The maximum absolute atomic E-state index is 13.9. The Morgan fingerprint density at radius 1 is 0.939 bits per heavy atom. The zero-order chi connectivity index (χ0) is 23.2. The summed E-state index contributed by atoms with van der Waals surface area (Å²) in [5.74, 6) is 0.517. The van der Waals surface area contributed by atoms with Crippen LogP contribution in [-0.4, -0.2) is 44.7 Å². The molecule has 1 atom stereocenters. The van der Waals surface area contributed by atoms with Gasteiger partial charge in [-0.1, -0.05) is 35.9 Å². The molecule has 3 aromatic carbocycles. The number of halogens is 3. The topological polar surface area (TPSA) is 24.9 Å². The monoisotopic (exact) mass is 472 g/mol. The van der Waals surface area contributed by atoms with Crippen LogP contribution < -0.4 is 14.4 Å². The van der Waals surface area contributed by atoms with Crippen molar-refractivity contribution in [2.45, 2.75) is 12.5 Å². The molecule has 0 bridgehead atoms. The summed E-state index contributed by atoms with van der Waals surface area (Å²) in [4.78, 5) is 4.70. The predicted octanol–water partition coefficient (Wildman–Crippen LogP) is 5.96. The smallest absolute Gasteiger partial charge is 0.142 e. The fourth-order valence-electron chi connectivity index (χ4n) is 4.12. The zero-order valence-corrected chi connectivity index (χ0v) is 19.3. The first-order valence-electron chi connectivity index (χ1n) is 11.0. The van der Waals surface area contributed by atoms with E-state index in [1.165, 1.54) is 24.3 Å². The second kappa shape index (κ2) is 10.9. The number of hydrogen-bond donors (Lipinski definition) is 0. The van der Waals surface area contributed by atoms with Gasteiger partial charge in [-0.3, -0.25) is 4.90 Å². The molecule has 1 fully saturated rings. The highest BCUT2D eigenvalue weighted by Crippen LogP contribution is 2.30. The van der Waals surface area contributed by atoms with E-state index in [1.807, 2.05) is 24.3 Å². The number of methoxy groups -OCH3 is 1. The van der Waals surface area contributed by atoms with Crippen LogP contribution in [0.4, 0.5) is 14.5 Å². The molecule has 1 aliphatic heterocycles. The summed E-state index contributed by atoms with van der Waals surface area (Å²) < 4.78 is 39.1. The van der Waals surface area contributed by atoms with E-state index in [4.69, 9.17) is 21.1 Å². The molecule has 174 valence electrons. The fourth-order valence-corrected chi connectivity index (χ4v) is 4.29. The molecule has 4 rings (SSSR count). The van der Waals surface area contributed by atoms with Crippen LogP contribution in [0.15, 0.2) is 66.7 Å². The van der Waals surface area contributed by atoms with Gasteiger partial charge in [-0.05, 0) is 42.0 Å². The summed E-state index contributed by atoms with van der Waals surface area (Å²) >= 11 is 5.92. The predicted molar refractivity (Wildman–Crippen MR) is 127 cm³/mol. The number of nitrogens with zero attached hydrogens (tertiary/aromatic N) is 2. The van der Waals surface area contributed by atoms with E-state index < -0.39 is 5.82 Å². The van der Waals surface area contributed by atoms with Crippen LogP contribution in [0.1, 0.15) is 18.1 Å². The molecule has 0 aliphatic carbocycles. The van der Waals surface area contributed by atoms with Crippen molar-refractivity contribution < 1.29 is 18.3 Å². The molecule has 0 N–H and O–H groups in total. The first kappa shape index (κ1) is 23.3. The number of ether oxygens (including phenoxy) is 2. The summed E-state index contributed by atoms with van der Waals surface area (Å²) in [5, 5.41) is -0.00189. The highest BCUT2D eigenvalue weighted by molar-refractivity contribution is 6.30. The van der Waals surface area contributed by atoms with E-state index in [9.17, 15) is 8.78 Å². The average Bonchev–Trinajstić information content (AvgIpc) is 2.84. The van der Waals surface area contributed by atoms with Crippen LogP contribution in [0.2, 0.25) is 5.02 Å². The van der Waals surface area contributed by atoms with Crippen LogP contribution in [0.5, 0.6) is 11.5 Å². The minimum Gasteiger partial charge on any atom is -0.495 e. The van der Waals surface area contributed by atoms with E-state index in [0.717, 1.165) is 49.7 Å². The largest absolute Gasteiger partial charge is 0.495 e. The molecule has 0 aromatic heterocycles. The standard InChI is InChI=1S/C26H27ClF2N2O2/c1-32-26-8-3-2-7-24(26)31-15-13-30(14-16-31)12-11-25(19-5-4-6-20(28)17-19)33-21-9-10-23(29)22(27)18-21/h2-10,17-18,25H,11-16H2,1H3/t25-/m1/s1. The van der Waals surface area contributed by atoms with Gasteiger partial charge in [0.05, 0.1) is 17.8 Å². The van der Waals surface area contributed by atoms with E-state index in [0.29, 0.717) is 12.2 Å². The summed E-state index contributed by atoms with van der Waals surface area (Å²) in [5.41, 5.74) is 1.84. The Labute approximate surface area is 198 Å². The molecule has 3 aromatic rings. The third kappa shape index (κ3) is 5.95. The van der Waals surface area contributed by atoms with Crippen LogP contribution in [0.25, 0.3) is 0 Å². The van der Waals surface area contributed by atoms with E-state index in [1.54, 1.807) is 19.2 Å². The Balaban J connectivity index is 1.40. The Kier molecular flexibility index (Phi) is 7.68. The third-order valence-corrected chi connectivity index (χ3v) is 6.19. The van der Waals surface area contributed by atoms with Gasteiger partial charge in [-0.2, -0.15) is 0 Å². The minimum absolute atomic E-state index is 0.00189. The van der Waals surface area contributed by atoms with Gasteiger partial charge in [0.1, 0.15) is 29.2 Å². The highest BCUT2D eigenvalue weighted by atomic mass is 35.5. The van der Waals surface area contributed by atoms with Crippen LogP contribution in [0.3, 0.4) is 0 Å². The molecule has 1 saturated heterocycles. The highest BCUT2D eigenvalue weighted by Gasteiger charge is 2.22. The molecule has 4 nitrogen and oxygen atoms in total. The van der Waals surface area contributed by atoms with Crippen LogP contribution >= 0.6 is 11.6 Å². The molecular weight excluding hydrogens is 446 g/mol. The first-order valence-corrected chi connectivity index (χ1v) is 11.4. The van der Waals surface area contributed by atoms with E-state index in [2.05, 4.69) is 15.9 Å². The number of para-hydroxylation sites is 2. The SMILES string of the molecule is COc1ccccc1N1CCN(CC[C@@H](Oc2ccc(F)c(Cl)c2)c2cccc(F)c2)CC1. The second-order valence-electron chi connectivity index (χ2n) is 8.03. The van der Waals surface area contributed by atoms with Crippen molar-refractivity contribution in [2.75, 3.05) is 44.7 Å². The van der Waals surface area contributed by atoms with Crippen molar-refractivity contribution in [1.29, 1.82) is 0 Å². The average molecular weight is 473 g/mol. The second-order valence-corrected chi connectivity index (χ2v) is 8.43. The number of rotatable bonds is 8. The number of piperazine rings is 1. The molecule has 0 amide bonds. The van der Waals surface area contributed by atoms with Gasteiger partial charge < -0.3 is 14.4 Å². The van der Waals surface area contributed by atoms with Gasteiger partial charge in [0.25, 0.3) is 0 Å². The summed E-state index contributed by atoms with van der Waals surface area (Å²) in [6.07, 6.45) is 0.280. The van der Waals surface area contributed by atoms with Gasteiger partial charge in [0.15, 0.2) is 0 Å². The molecule has 1 aliphatic rings. The number of anilines is 1. The van der Waals surface area contributed by atoms with E-state index in [-0.39, 0.29) is 16.9 Å². The molecular formula is C26H27ClF2N2O2. The summed E-state index contributed by atoms with van der Waals surface area (Å²) in [7, 11) is 1.69. The van der Waals surface area contributed by atoms with Crippen molar-refractivity contribution in [3.63, 3.8) is 0 Å². The maximum atomic E-state index is 13.9. The minimum atomic E-state index is -0.501. The Morgan fingerprint density at radius 3 is 2.45 bits per heavy atom. The molecule has 0 unspecified atom stereocenters. The van der Waals surface area contributed by atoms with Gasteiger partial charge in [-0.25, -0.2) is 8.78 Å². The van der Waals surface area contributed by atoms with Gasteiger partial charge in [-0.15, -0.1) is 0 Å². The molecule has 0 spiro atoms. The molecule has 7 heteroatoms. The van der Waals surface area contributed by atoms with Crippen molar-refractivity contribution in [3.05, 3.63) is 89.0 Å². The fraction of sp³-hybridized carbons (Fsp3) is 0.308.